The first-order valence-corrected chi connectivity index (χ1v) is 7.84. The SMILES string of the molecule is CC[N+]1(CC)CC[N+]2(CCCC(C)CC2)CC1. The molecule has 2 fully saturated rings. The van der Waals surface area contributed by atoms with Crippen LogP contribution in [0.2, 0.25) is 0 Å². The summed E-state index contributed by atoms with van der Waals surface area (Å²) in [6, 6.07) is 0. The summed E-state index contributed by atoms with van der Waals surface area (Å²) in [5, 5.41) is 0. The van der Waals surface area contributed by atoms with Gasteiger partial charge in [-0.25, -0.2) is 0 Å². The lowest BCUT2D eigenvalue weighted by Crippen LogP contribution is -2.66. The summed E-state index contributed by atoms with van der Waals surface area (Å²) in [6.45, 7) is 18.6. The van der Waals surface area contributed by atoms with Crippen molar-refractivity contribution in [3.63, 3.8) is 0 Å². The molecule has 0 bridgehead atoms. The summed E-state index contributed by atoms with van der Waals surface area (Å²) in [7, 11) is 0. The summed E-state index contributed by atoms with van der Waals surface area (Å²) < 4.78 is 2.85. The number of piperazine rings is 1. The minimum absolute atomic E-state index is 0.978. The van der Waals surface area contributed by atoms with Crippen LogP contribution in [0.5, 0.6) is 0 Å². The van der Waals surface area contributed by atoms with E-state index in [0.717, 1.165) is 5.92 Å². The van der Waals surface area contributed by atoms with Crippen molar-refractivity contribution in [1.82, 2.24) is 0 Å². The second-order valence-corrected chi connectivity index (χ2v) is 6.69. The molecule has 100 valence electrons. The molecule has 0 N–H and O–H groups in total. The molecule has 2 heteroatoms. The minimum Gasteiger partial charge on any atom is -0.315 e. The molecule has 2 aliphatic rings. The van der Waals surface area contributed by atoms with Gasteiger partial charge in [0.25, 0.3) is 0 Å². The van der Waals surface area contributed by atoms with Crippen LogP contribution in [0, 0.1) is 5.92 Å². The standard InChI is InChI=1S/C15H32N2/c1-4-16(5-2)11-13-17(14-12-16)9-6-7-15(3)8-10-17/h15H,4-14H2,1-3H3/q+2. The van der Waals surface area contributed by atoms with Gasteiger partial charge in [0.1, 0.15) is 26.2 Å². The monoisotopic (exact) mass is 240 g/mol. The summed E-state index contributed by atoms with van der Waals surface area (Å²) in [6.07, 6.45) is 4.42. The highest BCUT2D eigenvalue weighted by molar-refractivity contribution is 4.62. The fourth-order valence-corrected chi connectivity index (χ4v) is 3.90. The molecule has 2 aliphatic heterocycles. The van der Waals surface area contributed by atoms with Gasteiger partial charge in [0.2, 0.25) is 0 Å². The summed E-state index contributed by atoms with van der Waals surface area (Å²) in [5.74, 6) is 0.978. The van der Waals surface area contributed by atoms with Gasteiger partial charge >= 0.3 is 0 Å². The van der Waals surface area contributed by atoms with Crippen molar-refractivity contribution < 1.29 is 8.97 Å². The maximum atomic E-state index is 2.45. The van der Waals surface area contributed by atoms with Crippen molar-refractivity contribution in [2.45, 2.75) is 40.0 Å². The van der Waals surface area contributed by atoms with Crippen molar-refractivity contribution in [1.29, 1.82) is 0 Å². The van der Waals surface area contributed by atoms with Crippen LogP contribution < -0.4 is 0 Å². The molecule has 1 unspecified atom stereocenters. The quantitative estimate of drug-likeness (QED) is 0.651. The van der Waals surface area contributed by atoms with Gasteiger partial charge in [-0.15, -0.1) is 0 Å². The summed E-state index contributed by atoms with van der Waals surface area (Å²) in [4.78, 5) is 0. The second-order valence-electron chi connectivity index (χ2n) is 6.69. The first-order chi connectivity index (χ1) is 8.14. The van der Waals surface area contributed by atoms with E-state index >= 15 is 0 Å². The molecular formula is C15H32N2+2. The van der Waals surface area contributed by atoms with Crippen molar-refractivity contribution in [2.75, 3.05) is 52.4 Å². The van der Waals surface area contributed by atoms with E-state index in [1.165, 1.54) is 80.6 Å². The zero-order valence-corrected chi connectivity index (χ0v) is 12.2. The number of hydrogen-bond acceptors (Lipinski definition) is 0. The van der Waals surface area contributed by atoms with Crippen LogP contribution in [-0.2, 0) is 0 Å². The molecule has 2 nitrogen and oxygen atoms in total. The number of likely N-dealkylation sites (N-methyl/N-ethyl adjacent to an activating group) is 1. The van der Waals surface area contributed by atoms with E-state index < -0.39 is 0 Å². The number of quaternary nitrogens is 2. The summed E-state index contributed by atoms with van der Waals surface area (Å²) in [5.41, 5.74) is 0. The Bertz CT molecular complexity index is 235. The Hall–Kier alpha value is -0.0800. The Morgan fingerprint density at radius 2 is 1.47 bits per heavy atom. The smallest absolute Gasteiger partial charge is 0.129 e. The van der Waals surface area contributed by atoms with Crippen LogP contribution in [0.1, 0.15) is 40.0 Å². The zero-order chi connectivity index (χ0) is 12.4. The topological polar surface area (TPSA) is 0 Å². The van der Waals surface area contributed by atoms with E-state index in [1.54, 1.807) is 0 Å². The average molecular weight is 240 g/mol. The molecule has 0 saturated carbocycles. The molecule has 0 radical (unpaired) electrons. The highest BCUT2D eigenvalue weighted by Gasteiger charge is 2.40. The number of rotatable bonds is 2. The Labute approximate surface area is 108 Å². The predicted octanol–water partition coefficient (Wildman–Crippen LogP) is 2.49. The maximum Gasteiger partial charge on any atom is 0.129 e. The predicted molar refractivity (Wildman–Crippen MR) is 73.8 cm³/mol. The highest BCUT2D eigenvalue weighted by Crippen LogP contribution is 2.26. The van der Waals surface area contributed by atoms with E-state index in [2.05, 4.69) is 20.8 Å². The zero-order valence-electron chi connectivity index (χ0n) is 12.2. The number of hydrogen-bond donors (Lipinski definition) is 0. The normalized spacial score (nSPS) is 32.3. The van der Waals surface area contributed by atoms with Crippen molar-refractivity contribution in [3.8, 4) is 0 Å². The first-order valence-electron chi connectivity index (χ1n) is 7.84. The Kier molecular flexibility index (Phi) is 4.14. The fourth-order valence-electron chi connectivity index (χ4n) is 3.90. The lowest BCUT2D eigenvalue weighted by molar-refractivity contribution is -1.03. The van der Waals surface area contributed by atoms with Gasteiger partial charge in [-0.05, 0) is 39.0 Å². The Morgan fingerprint density at radius 3 is 2.06 bits per heavy atom. The fraction of sp³-hybridized carbons (Fsp3) is 1.00. The lowest BCUT2D eigenvalue weighted by Gasteiger charge is -2.49. The molecule has 2 saturated heterocycles. The van der Waals surface area contributed by atoms with Crippen LogP contribution in [0.15, 0.2) is 0 Å². The molecule has 2 heterocycles. The molecule has 2 rings (SSSR count). The molecule has 0 amide bonds. The maximum absolute atomic E-state index is 2.45. The van der Waals surface area contributed by atoms with E-state index in [9.17, 15) is 0 Å². The van der Waals surface area contributed by atoms with Gasteiger partial charge in [0.15, 0.2) is 0 Å². The van der Waals surface area contributed by atoms with Gasteiger partial charge in [-0.3, -0.25) is 0 Å². The molecule has 1 atom stereocenters. The second kappa shape index (κ2) is 5.27. The molecule has 1 spiro atoms. The average Bonchev–Trinajstić information content (AvgIpc) is 2.55. The van der Waals surface area contributed by atoms with Gasteiger partial charge < -0.3 is 8.97 Å². The van der Waals surface area contributed by atoms with Gasteiger partial charge in [0.05, 0.1) is 26.2 Å². The molecule has 0 aromatic rings. The van der Waals surface area contributed by atoms with E-state index in [0.29, 0.717) is 0 Å². The van der Waals surface area contributed by atoms with Crippen molar-refractivity contribution in [3.05, 3.63) is 0 Å². The van der Waals surface area contributed by atoms with Crippen LogP contribution in [0.3, 0.4) is 0 Å². The molecule has 0 aliphatic carbocycles. The van der Waals surface area contributed by atoms with E-state index in [4.69, 9.17) is 0 Å². The van der Waals surface area contributed by atoms with Crippen LogP contribution in [0.4, 0.5) is 0 Å². The molecule has 0 aromatic heterocycles. The van der Waals surface area contributed by atoms with Gasteiger partial charge in [0, 0.05) is 0 Å². The Morgan fingerprint density at radius 1 is 0.824 bits per heavy atom. The van der Waals surface area contributed by atoms with Crippen LogP contribution >= 0.6 is 0 Å². The van der Waals surface area contributed by atoms with Gasteiger partial charge in [-0.2, -0.15) is 0 Å². The van der Waals surface area contributed by atoms with E-state index in [1.807, 2.05) is 0 Å². The highest BCUT2D eigenvalue weighted by atomic mass is 15.5. The largest absolute Gasteiger partial charge is 0.315 e. The molecule has 0 aromatic carbocycles. The molecule has 17 heavy (non-hydrogen) atoms. The van der Waals surface area contributed by atoms with Crippen molar-refractivity contribution >= 4 is 0 Å². The van der Waals surface area contributed by atoms with Crippen LogP contribution in [0.25, 0.3) is 0 Å². The minimum atomic E-state index is 0.978. The lowest BCUT2D eigenvalue weighted by atomic mass is 10.0. The molecular weight excluding hydrogens is 208 g/mol. The van der Waals surface area contributed by atoms with Crippen LogP contribution in [-0.4, -0.2) is 61.3 Å². The Balaban J connectivity index is 1.96. The first kappa shape index (κ1) is 13.4. The number of nitrogens with zero attached hydrogens (tertiary/aromatic N) is 2. The third kappa shape index (κ3) is 2.85. The third-order valence-corrected chi connectivity index (χ3v) is 5.86. The van der Waals surface area contributed by atoms with Gasteiger partial charge in [-0.1, -0.05) is 6.92 Å². The summed E-state index contributed by atoms with van der Waals surface area (Å²) >= 11 is 0. The third-order valence-electron chi connectivity index (χ3n) is 5.86. The van der Waals surface area contributed by atoms with Crippen molar-refractivity contribution in [2.24, 2.45) is 5.92 Å². The van der Waals surface area contributed by atoms with E-state index in [-0.39, 0.29) is 0 Å².